The van der Waals surface area contributed by atoms with Crippen molar-refractivity contribution in [1.29, 1.82) is 0 Å². The van der Waals surface area contributed by atoms with Gasteiger partial charge in [0.05, 0.1) is 19.8 Å². The summed E-state index contributed by atoms with van der Waals surface area (Å²) in [4.78, 5) is 25.1. The van der Waals surface area contributed by atoms with Gasteiger partial charge in [-0.2, -0.15) is 5.10 Å². The van der Waals surface area contributed by atoms with Crippen molar-refractivity contribution in [2.45, 2.75) is 45.2 Å². The number of aromatic nitrogens is 3. The predicted octanol–water partition coefficient (Wildman–Crippen LogP) is -0.328. The maximum Gasteiger partial charge on any atom is 0.243 e. The minimum absolute atomic E-state index is 0.0203. The third kappa shape index (κ3) is 6.40. The van der Waals surface area contributed by atoms with Crippen LogP contribution in [0.1, 0.15) is 37.8 Å². The molecule has 168 valence electrons. The number of aliphatic imine (C=N–C) groups is 1. The summed E-state index contributed by atoms with van der Waals surface area (Å²) in [5.74, 6) is 2.94. The van der Waals surface area contributed by atoms with Crippen LogP contribution in [-0.4, -0.2) is 103 Å². The number of hydrogen-bond donors (Lipinski definition) is 2. The Morgan fingerprint density at radius 3 is 2.80 bits per heavy atom. The van der Waals surface area contributed by atoms with Crippen LogP contribution < -0.4 is 10.6 Å². The Kier molecular flexibility index (Phi) is 8.03. The topological polar surface area (TPSA) is 99.9 Å². The SMILES string of the molecule is CC(C)c1nc2n(n1)CC(NC(=NCC(=O)N(C)C)NCCN1CCOCC1)CC2. The third-order valence-electron chi connectivity index (χ3n) is 5.43. The van der Waals surface area contributed by atoms with Crippen molar-refractivity contribution in [3.05, 3.63) is 11.6 Å². The first-order valence-electron chi connectivity index (χ1n) is 10.9. The lowest BCUT2D eigenvalue weighted by atomic mass is 10.1. The van der Waals surface area contributed by atoms with Gasteiger partial charge in [-0.25, -0.2) is 14.7 Å². The van der Waals surface area contributed by atoms with E-state index < -0.39 is 0 Å². The van der Waals surface area contributed by atoms with Crippen LogP contribution in [0.15, 0.2) is 4.99 Å². The van der Waals surface area contributed by atoms with Crippen LogP contribution in [0.3, 0.4) is 0 Å². The highest BCUT2D eigenvalue weighted by Gasteiger charge is 2.23. The van der Waals surface area contributed by atoms with E-state index in [0.717, 1.165) is 70.4 Å². The fraction of sp³-hybridized carbons (Fsp3) is 0.800. The fourth-order valence-electron chi connectivity index (χ4n) is 3.48. The lowest BCUT2D eigenvalue weighted by Gasteiger charge is -2.28. The van der Waals surface area contributed by atoms with Gasteiger partial charge in [-0.3, -0.25) is 9.69 Å². The molecular weight excluding hydrogens is 384 g/mol. The minimum atomic E-state index is -0.0203. The van der Waals surface area contributed by atoms with Crippen molar-refractivity contribution in [3.63, 3.8) is 0 Å². The number of likely N-dealkylation sites (N-methyl/N-ethyl adjacent to an activating group) is 1. The van der Waals surface area contributed by atoms with Crippen LogP contribution in [0.2, 0.25) is 0 Å². The van der Waals surface area contributed by atoms with Gasteiger partial charge in [0.2, 0.25) is 5.91 Å². The fourth-order valence-corrected chi connectivity index (χ4v) is 3.48. The number of fused-ring (bicyclic) bond motifs is 1. The van der Waals surface area contributed by atoms with Crippen molar-refractivity contribution in [3.8, 4) is 0 Å². The molecule has 0 radical (unpaired) electrons. The molecule has 3 rings (SSSR count). The average molecular weight is 421 g/mol. The Morgan fingerprint density at radius 2 is 2.10 bits per heavy atom. The van der Waals surface area contributed by atoms with Gasteiger partial charge in [-0.1, -0.05) is 13.8 Å². The molecule has 2 N–H and O–H groups in total. The number of aryl methyl sites for hydroxylation is 1. The van der Waals surface area contributed by atoms with Crippen LogP contribution >= 0.6 is 0 Å². The van der Waals surface area contributed by atoms with E-state index in [9.17, 15) is 4.79 Å². The lowest BCUT2D eigenvalue weighted by Crippen LogP contribution is -2.49. The van der Waals surface area contributed by atoms with Crippen molar-refractivity contribution in [1.82, 2.24) is 35.2 Å². The van der Waals surface area contributed by atoms with Gasteiger partial charge < -0.3 is 20.3 Å². The Labute approximate surface area is 179 Å². The zero-order chi connectivity index (χ0) is 21.5. The zero-order valence-electron chi connectivity index (χ0n) is 18.7. The van der Waals surface area contributed by atoms with Crippen molar-refractivity contribution in [2.24, 2.45) is 4.99 Å². The predicted molar refractivity (Wildman–Crippen MR) is 116 cm³/mol. The molecule has 0 spiro atoms. The van der Waals surface area contributed by atoms with Gasteiger partial charge in [0, 0.05) is 58.7 Å². The highest BCUT2D eigenvalue weighted by molar-refractivity contribution is 5.84. The monoisotopic (exact) mass is 420 g/mol. The second kappa shape index (κ2) is 10.7. The minimum Gasteiger partial charge on any atom is -0.379 e. The highest BCUT2D eigenvalue weighted by atomic mass is 16.5. The first-order valence-corrected chi connectivity index (χ1v) is 10.9. The van der Waals surface area contributed by atoms with E-state index in [4.69, 9.17) is 4.74 Å². The molecule has 1 atom stereocenters. The molecule has 3 heterocycles. The molecule has 2 aliphatic rings. The summed E-state index contributed by atoms with van der Waals surface area (Å²) < 4.78 is 7.41. The second-order valence-electron chi connectivity index (χ2n) is 8.44. The van der Waals surface area contributed by atoms with Gasteiger partial charge in [0.1, 0.15) is 12.4 Å². The quantitative estimate of drug-likeness (QED) is 0.460. The lowest BCUT2D eigenvalue weighted by molar-refractivity contribution is -0.127. The van der Waals surface area contributed by atoms with Crippen LogP contribution in [0.4, 0.5) is 0 Å². The molecule has 0 aliphatic carbocycles. The molecule has 1 saturated heterocycles. The maximum absolute atomic E-state index is 12.0. The van der Waals surface area contributed by atoms with Gasteiger partial charge >= 0.3 is 0 Å². The first kappa shape index (κ1) is 22.5. The van der Waals surface area contributed by atoms with Gasteiger partial charge in [0.25, 0.3) is 0 Å². The Morgan fingerprint density at radius 1 is 1.33 bits per heavy atom. The van der Waals surface area contributed by atoms with E-state index in [1.54, 1.807) is 19.0 Å². The molecule has 1 aromatic rings. The molecule has 10 nitrogen and oxygen atoms in total. The van der Waals surface area contributed by atoms with Gasteiger partial charge in [-0.15, -0.1) is 0 Å². The van der Waals surface area contributed by atoms with Gasteiger partial charge in [0.15, 0.2) is 11.8 Å². The molecule has 0 bridgehead atoms. The van der Waals surface area contributed by atoms with Crippen molar-refractivity contribution < 1.29 is 9.53 Å². The third-order valence-corrected chi connectivity index (χ3v) is 5.43. The Hall–Kier alpha value is -2.20. The smallest absolute Gasteiger partial charge is 0.243 e. The number of nitrogens with zero attached hydrogens (tertiary/aromatic N) is 6. The molecule has 1 aromatic heterocycles. The molecule has 0 aromatic carbocycles. The van der Waals surface area contributed by atoms with E-state index in [2.05, 4.69) is 44.5 Å². The normalized spacial score (nSPS) is 20.2. The van der Waals surface area contributed by atoms with Gasteiger partial charge in [-0.05, 0) is 6.42 Å². The van der Waals surface area contributed by atoms with E-state index in [1.165, 1.54) is 0 Å². The molecule has 30 heavy (non-hydrogen) atoms. The van der Waals surface area contributed by atoms with Crippen LogP contribution in [-0.2, 0) is 22.5 Å². The van der Waals surface area contributed by atoms with Crippen molar-refractivity contribution >= 4 is 11.9 Å². The van der Waals surface area contributed by atoms with E-state index >= 15 is 0 Å². The van der Waals surface area contributed by atoms with E-state index in [0.29, 0.717) is 11.9 Å². The highest BCUT2D eigenvalue weighted by Crippen LogP contribution is 2.16. The second-order valence-corrected chi connectivity index (χ2v) is 8.44. The Balaban J connectivity index is 1.57. The Bertz CT molecular complexity index is 724. The average Bonchev–Trinajstić information content (AvgIpc) is 3.16. The number of guanidine groups is 1. The summed E-state index contributed by atoms with van der Waals surface area (Å²) in [6.07, 6.45) is 1.84. The summed E-state index contributed by atoms with van der Waals surface area (Å²) in [7, 11) is 3.49. The van der Waals surface area contributed by atoms with Crippen LogP contribution in [0.5, 0.6) is 0 Å². The number of hydrogen-bond acceptors (Lipinski definition) is 6. The standard InChI is InChI=1S/C20H36N8O2/c1-15(2)19-24-17-6-5-16(14-28(17)25-19)23-20(22-13-18(29)26(3)4)21-7-8-27-9-11-30-12-10-27/h15-16H,5-14H2,1-4H3,(H2,21,22,23). The van der Waals surface area contributed by atoms with Crippen LogP contribution in [0.25, 0.3) is 0 Å². The summed E-state index contributed by atoms with van der Waals surface area (Å²) in [6, 6.07) is 0.198. The number of morpholine rings is 1. The number of carbonyl (C=O) groups is 1. The molecule has 1 amide bonds. The maximum atomic E-state index is 12.0. The number of amides is 1. The van der Waals surface area contributed by atoms with E-state index in [-0.39, 0.29) is 18.5 Å². The van der Waals surface area contributed by atoms with Crippen LogP contribution in [0, 0.1) is 0 Å². The van der Waals surface area contributed by atoms with Crippen molar-refractivity contribution in [2.75, 3.05) is 60.0 Å². The van der Waals surface area contributed by atoms with E-state index in [1.807, 2.05) is 4.68 Å². The summed E-state index contributed by atoms with van der Waals surface area (Å²) in [5, 5.41) is 11.6. The number of rotatable bonds is 7. The molecule has 1 fully saturated rings. The molecule has 10 heteroatoms. The summed E-state index contributed by atoms with van der Waals surface area (Å²) >= 11 is 0. The zero-order valence-corrected chi connectivity index (χ0v) is 18.7. The molecular formula is C20H36N8O2. The largest absolute Gasteiger partial charge is 0.379 e. The number of nitrogens with one attached hydrogen (secondary N) is 2. The molecule has 0 saturated carbocycles. The number of ether oxygens (including phenoxy) is 1. The molecule has 1 unspecified atom stereocenters. The summed E-state index contributed by atoms with van der Waals surface area (Å²) in [5.41, 5.74) is 0. The summed E-state index contributed by atoms with van der Waals surface area (Å²) in [6.45, 7) is 10.3. The molecule has 2 aliphatic heterocycles. The number of carbonyl (C=O) groups excluding carboxylic acids is 1. The first-order chi connectivity index (χ1) is 14.4.